The average Bonchev–Trinajstić information content (AvgIpc) is 1.83. The van der Waals surface area contributed by atoms with Gasteiger partial charge in [0.05, 0.1) is 0 Å². The molecule has 0 spiro atoms. The quantitative estimate of drug-likeness (QED) is 0.345. The first-order valence-electron chi connectivity index (χ1n) is 2.21. The molecule has 0 N–H and O–H groups in total. The van der Waals surface area contributed by atoms with Crippen molar-refractivity contribution in [3.63, 3.8) is 0 Å². The van der Waals surface area contributed by atoms with E-state index in [4.69, 9.17) is 0 Å². The largest absolute Gasteiger partial charge is 0.458 e. The van der Waals surface area contributed by atoms with Gasteiger partial charge in [-0.1, -0.05) is 34.1 Å². The lowest BCUT2D eigenvalue weighted by atomic mass is 10.6. The molecular weight excluding hydrogens is 128 g/mol. The Morgan fingerprint density at radius 3 is 2.20 bits per heavy atom. The lowest BCUT2D eigenvalue weighted by molar-refractivity contribution is -0.136. The Labute approximate surface area is 63.2 Å². The highest BCUT2D eigenvalue weighted by Gasteiger charge is 1.87. The monoisotopic (exact) mass is 144 g/mol. The summed E-state index contributed by atoms with van der Waals surface area (Å²) in [7, 11) is 0. The summed E-state index contributed by atoms with van der Waals surface area (Å²) < 4.78 is 4.47. The van der Waals surface area contributed by atoms with E-state index >= 15 is 0 Å². The second-order valence-electron chi connectivity index (χ2n) is 1.12. The van der Waals surface area contributed by atoms with Crippen LogP contribution in [0, 0.1) is 0 Å². The van der Waals surface area contributed by atoms with Gasteiger partial charge in [-0.25, -0.2) is 4.79 Å². The molecule has 0 aromatic rings. The Morgan fingerprint density at radius 2 is 1.90 bits per heavy atom. The average molecular weight is 144 g/mol. The minimum absolute atomic E-state index is 0. The Kier molecular flexibility index (Phi) is 17.3. The number of ether oxygens (including phenoxy) is 1. The SMILES string of the molecule is C.C.C=CCOC(=O)C=C. The molecule has 0 aliphatic carbocycles. The molecule has 0 amide bonds. The number of hydrogen-bond acceptors (Lipinski definition) is 2. The fraction of sp³-hybridized carbons (Fsp3) is 0.375. The van der Waals surface area contributed by atoms with E-state index in [1.54, 1.807) is 0 Å². The second-order valence-corrected chi connectivity index (χ2v) is 1.12. The third-order valence-corrected chi connectivity index (χ3v) is 0.510. The van der Waals surface area contributed by atoms with Gasteiger partial charge in [0.1, 0.15) is 6.61 Å². The molecule has 2 nitrogen and oxygen atoms in total. The second kappa shape index (κ2) is 10.8. The van der Waals surface area contributed by atoms with E-state index in [1.165, 1.54) is 6.08 Å². The van der Waals surface area contributed by atoms with E-state index in [-0.39, 0.29) is 21.5 Å². The lowest BCUT2D eigenvalue weighted by Gasteiger charge is -1.92. The van der Waals surface area contributed by atoms with E-state index in [0.29, 0.717) is 0 Å². The Bertz CT molecular complexity index is 106. The summed E-state index contributed by atoms with van der Waals surface area (Å²) in [4.78, 5) is 10.2. The zero-order valence-electron chi connectivity index (χ0n) is 4.59. The summed E-state index contributed by atoms with van der Waals surface area (Å²) in [5.41, 5.74) is 0. The summed E-state index contributed by atoms with van der Waals surface area (Å²) in [6, 6.07) is 0. The fourth-order valence-electron chi connectivity index (χ4n) is 0.200. The molecule has 0 fully saturated rings. The Hall–Kier alpha value is -1.05. The zero-order valence-corrected chi connectivity index (χ0v) is 4.59. The van der Waals surface area contributed by atoms with E-state index in [2.05, 4.69) is 17.9 Å². The van der Waals surface area contributed by atoms with Crippen LogP contribution in [-0.4, -0.2) is 12.6 Å². The molecule has 0 bridgehead atoms. The van der Waals surface area contributed by atoms with Crippen LogP contribution in [0.15, 0.2) is 25.3 Å². The first kappa shape index (κ1) is 16.0. The van der Waals surface area contributed by atoms with Crippen molar-refractivity contribution in [3.8, 4) is 0 Å². The maximum Gasteiger partial charge on any atom is 0.330 e. The van der Waals surface area contributed by atoms with Gasteiger partial charge in [0.2, 0.25) is 0 Å². The zero-order chi connectivity index (χ0) is 6.41. The highest BCUT2D eigenvalue weighted by molar-refractivity contribution is 5.81. The van der Waals surface area contributed by atoms with Crippen LogP contribution in [0.5, 0.6) is 0 Å². The summed E-state index contributed by atoms with van der Waals surface area (Å²) in [6.45, 7) is 6.81. The van der Waals surface area contributed by atoms with Crippen molar-refractivity contribution in [3.05, 3.63) is 25.3 Å². The number of carbonyl (C=O) groups excluding carboxylic acids is 1. The van der Waals surface area contributed by atoms with E-state index < -0.39 is 5.97 Å². The molecule has 0 aromatic carbocycles. The van der Waals surface area contributed by atoms with Crippen molar-refractivity contribution in [2.24, 2.45) is 0 Å². The fourth-order valence-corrected chi connectivity index (χ4v) is 0.200. The molecule has 0 saturated carbocycles. The third kappa shape index (κ3) is 10.0. The van der Waals surface area contributed by atoms with Gasteiger partial charge in [0.25, 0.3) is 0 Å². The third-order valence-electron chi connectivity index (χ3n) is 0.510. The topological polar surface area (TPSA) is 26.3 Å². The van der Waals surface area contributed by atoms with Crippen molar-refractivity contribution in [1.82, 2.24) is 0 Å². The smallest absolute Gasteiger partial charge is 0.330 e. The van der Waals surface area contributed by atoms with Crippen molar-refractivity contribution >= 4 is 5.97 Å². The van der Waals surface area contributed by atoms with Gasteiger partial charge in [-0.05, 0) is 0 Å². The van der Waals surface area contributed by atoms with Gasteiger partial charge in [-0.3, -0.25) is 0 Å². The molecule has 0 atom stereocenters. The van der Waals surface area contributed by atoms with Crippen molar-refractivity contribution in [2.45, 2.75) is 14.9 Å². The van der Waals surface area contributed by atoms with Crippen LogP contribution in [0.3, 0.4) is 0 Å². The van der Waals surface area contributed by atoms with Crippen LogP contribution >= 0.6 is 0 Å². The molecule has 60 valence electrons. The van der Waals surface area contributed by atoms with Gasteiger partial charge in [-0.15, -0.1) is 0 Å². The van der Waals surface area contributed by atoms with Gasteiger partial charge in [0, 0.05) is 6.08 Å². The number of hydrogen-bond donors (Lipinski definition) is 0. The van der Waals surface area contributed by atoms with Crippen LogP contribution in [0.1, 0.15) is 14.9 Å². The van der Waals surface area contributed by atoms with E-state index in [9.17, 15) is 4.79 Å². The molecule has 0 unspecified atom stereocenters. The van der Waals surface area contributed by atoms with Gasteiger partial charge < -0.3 is 4.74 Å². The van der Waals surface area contributed by atoms with Crippen molar-refractivity contribution in [2.75, 3.05) is 6.61 Å². The van der Waals surface area contributed by atoms with Gasteiger partial charge in [0.15, 0.2) is 0 Å². The highest BCUT2D eigenvalue weighted by atomic mass is 16.5. The molecule has 2 heteroatoms. The Balaban J connectivity index is -0.000000245. The number of esters is 1. The molecule has 0 aromatic heterocycles. The summed E-state index contributed by atoms with van der Waals surface area (Å²) in [5, 5.41) is 0. The van der Waals surface area contributed by atoms with Crippen LogP contribution < -0.4 is 0 Å². The molecule has 0 radical (unpaired) electrons. The number of rotatable bonds is 3. The van der Waals surface area contributed by atoms with Crippen molar-refractivity contribution in [1.29, 1.82) is 0 Å². The van der Waals surface area contributed by atoms with Crippen LogP contribution in [0.4, 0.5) is 0 Å². The van der Waals surface area contributed by atoms with Crippen LogP contribution in [0.25, 0.3) is 0 Å². The molecule has 0 heterocycles. The highest BCUT2D eigenvalue weighted by Crippen LogP contribution is 1.77. The minimum Gasteiger partial charge on any atom is -0.458 e. The lowest BCUT2D eigenvalue weighted by Crippen LogP contribution is -1.98. The summed E-state index contributed by atoms with van der Waals surface area (Å²) in [5.74, 6) is -0.412. The normalized spacial score (nSPS) is 6.00. The number of carbonyl (C=O) groups is 1. The minimum atomic E-state index is -0.412. The maximum absolute atomic E-state index is 10.2. The van der Waals surface area contributed by atoms with Gasteiger partial charge >= 0.3 is 5.97 Å². The van der Waals surface area contributed by atoms with E-state index in [1.807, 2.05) is 0 Å². The first-order valence-corrected chi connectivity index (χ1v) is 2.21. The molecule has 0 rings (SSSR count). The van der Waals surface area contributed by atoms with Crippen LogP contribution in [0.2, 0.25) is 0 Å². The van der Waals surface area contributed by atoms with Gasteiger partial charge in [-0.2, -0.15) is 0 Å². The Morgan fingerprint density at radius 1 is 1.40 bits per heavy atom. The molecule has 0 aliphatic rings. The summed E-state index contributed by atoms with van der Waals surface area (Å²) >= 11 is 0. The predicted octanol–water partition coefficient (Wildman–Crippen LogP) is 2.17. The standard InChI is InChI=1S/C6H8O2.2CH4/c1-3-5-8-6(7)4-2;;/h3-4H,1-2,5H2;2*1H4. The predicted molar refractivity (Wildman–Crippen MR) is 44.8 cm³/mol. The maximum atomic E-state index is 10.2. The molecule has 0 saturated heterocycles. The van der Waals surface area contributed by atoms with E-state index in [0.717, 1.165) is 6.08 Å². The van der Waals surface area contributed by atoms with Crippen LogP contribution in [-0.2, 0) is 9.53 Å². The molecular formula is C8H16O2. The molecule has 0 aliphatic heterocycles. The molecule has 10 heavy (non-hydrogen) atoms. The van der Waals surface area contributed by atoms with Crippen molar-refractivity contribution < 1.29 is 9.53 Å². The summed E-state index contributed by atoms with van der Waals surface area (Å²) in [6.07, 6.45) is 2.62. The first-order chi connectivity index (χ1) is 3.81.